The van der Waals surface area contributed by atoms with Gasteiger partial charge >= 0.3 is 0 Å². The molecule has 0 aliphatic carbocycles. The van der Waals surface area contributed by atoms with Gasteiger partial charge in [0.2, 0.25) is 0 Å². The van der Waals surface area contributed by atoms with Crippen LogP contribution in [0.2, 0.25) is 0 Å². The van der Waals surface area contributed by atoms with Crippen molar-refractivity contribution in [1.29, 1.82) is 0 Å². The fourth-order valence-electron chi connectivity index (χ4n) is 3.01. The monoisotopic (exact) mass is 342 g/mol. The van der Waals surface area contributed by atoms with E-state index in [9.17, 15) is 4.39 Å². The van der Waals surface area contributed by atoms with Crippen molar-refractivity contribution >= 4 is 21.6 Å². The molecule has 0 spiro atoms. The summed E-state index contributed by atoms with van der Waals surface area (Å²) in [4.78, 5) is 2.18. The normalized spacial score (nSPS) is 20.3. The topological polar surface area (TPSA) is 29.3 Å². The standard InChI is InChI=1S/C16H24BrFN2/c1-11(2)12-4-3-8-20(9-7-12)14-6-5-13(10-19)15(17)16(14)18/h5-6,11-12H,3-4,7-10,19H2,1-2H3. The number of anilines is 1. The first-order valence-electron chi connectivity index (χ1n) is 7.46. The van der Waals surface area contributed by atoms with Crippen LogP contribution in [0.4, 0.5) is 10.1 Å². The molecule has 112 valence electrons. The molecule has 1 aliphatic rings. The minimum absolute atomic E-state index is 0.170. The first kappa shape index (κ1) is 15.8. The zero-order chi connectivity index (χ0) is 14.7. The van der Waals surface area contributed by atoms with Crippen molar-refractivity contribution in [3.63, 3.8) is 0 Å². The van der Waals surface area contributed by atoms with Crippen LogP contribution < -0.4 is 10.6 Å². The van der Waals surface area contributed by atoms with Crippen molar-refractivity contribution < 1.29 is 4.39 Å². The summed E-state index contributed by atoms with van der Waals surface area (Å²) < 4.78 is 15.0. The van der Waals surface area contributed by atoms with Crippen LogP contribution in [0.5, 0.6) is 0 Å². The second-order valence-electron chi connectivity index (χ2n) is 6.00. The summed E-state index contributed by atoms with van der Waals surface area (Å²) in [7, 11) is 0. The minimum Gasteiger partial charge on any atom is -0.369 e. The highest BCUT2D eigenvalue weighted by molar-refractivity contribution is 9.10. The fourth-order valence-corrected chi connectivity index (χ4v) is 3.51. The summed E-state index contributed by atoms with van der Waals surface area (Å²) >= 11 is 3.33. The van der Waals surface area contributed by atoms with E-state index < -0.39 is 0 Å². The van der Waals surface area contributed by atoms with Crippen molar-refractivity contribution in [3.05, 3.63) is 28.0 Å². The van der Waals surface area contributed by atoms with Crippen molar-refractivity contribution in [2.75, 3.05) is 18.0 Å². The predicted molar refractivity (Wildman–Crippen MR) is 86.4 cm³/mol. The Hall–Kier alpha value is -0.610. The highest BCUT2D eigenvalue weighted by atomic mass is 79.9. The molecule has 20 heavy (non-hydrogen) atoms. The van der Waals surface area contributed by atoms with Gasteiger partial charge in [0, 0.05) is 19.6 Å². The molecule has 1 unspecified atom stereocenters. The summed E-state index contributed by atoms with van der Waals surface area (Å²) in [6.45, 7) is 6.80. The lowest BCUT2D eigenvalue weighted by molar-refractivity contribution is 0.351. The van der Waals surface area contributed by atoms with Crippen molar-refractivity contribution in [1.82, 2.24) is 0 Å². The maximum atomic E-state index is 14.5. The Labute approximate surface area is 129 Å². The van der Waals surface area contributed by atoms with Crippen molar-refractivity contribution in [3.8, 4) is 0 Å². The van der Waals surface area contributed by atoms with E-state index in [-0.39, 0.29) is 5.82 Å². The number of hydrogen-bond acceptors (Lipinski definition) is 2. The lowest BCUT2D eigenvalue weighted by Gasteiger charge is -2.25. The van der Waals surface area contributed by atoms with Gasteiger partial charge in [0.15, 0.2) is 5.82 Å². The Balaban J connectivity index is 2.18. The van der Waals surface area contributed by atoms with E-state index in [2.05, 4.69) is 34.7 Å². The van der Waals surface area contributed by atoms with Crippen LogP contribution >= 0.6 is 15.9 Å². The van der Waals surface area contributed by atoms with Crippen LogP contribution in [0.25, 0.3) is 0 Å². The SMILES string of the molecule is CC(C)C1CCCN(c2ccc(CN)c(Br)c2F)CC1. The number of halogens is 2. The van der Waals surface area contributed by atoms with Gasteiger partial charge in [0.1, 0.15) is 0 Å². The van der Waals surface area contributed by atoms with E-state index in [0.717, 1.165) is 37.4 Å². The molecular weight excluding hydrogens is 319 g/mol. The number of nitrogens with zero attached hydrogens (tertiary/aromatic N) is 1. The lowest BCUT2D eigenvalue weighted by Crippen LogP contribution is -2.25. The van der Waals surface area contributed by atoms with Crippen molar-refractivity contribution in [2.24, 2.45) is 17.6 Å². The van der Waals surface area contributed by atoms with Crippen LogP contribution in [0.1, 0.15) is 38.7 Å². The molecule has 1 heterocycles. The molecule has 1 fully saturated rings. The van der Waals surface area contributed by atoms with Gasteiger partial charge in [0.25, 0.3) is 0 Å². The van der Waals surface area contributed by atoms with E-state index in [4.69, 9.17) is 5.73 Å². The van der Waals surface area contributed by atoms with Gasteiger partial charge in [-0.25, -0.2) is 4.39 Å². The van der Waals surface area contributed by atoms with Gasteiger partial charge in [-0.2, -0.15) is 0 Å². The van der Waals surface area contributed by atoms with E-state index in [1.807, 2.05) is 12.1 Å². The van der Waals surface area contributed by atoms with Crippen molar-refractivity contribution in [2.45, 2.75) is 39.7 Å². The van der Waals surface area contributed by atoms with Crippen LogP contribution in [0.3, 0.4) is 0 Å². The summed E-state index contributed by atoms with van der Waals surface area (Å²) in [5.41, 5.74) is 7.14. The maximum absolute atomic E-state index is 14.5. The molecule has 1 aromatic carbocycles. The second kappa shape index (κ2) is 6.90. The number of nitrogens with two attached hydrogens (primary N) is 1. The third-order valence-electron chi connectivity index (χ3n) is 4.42. The minimum atomic E-state index is -0.170. The molecule has 0 bridgehead atoms. The Morgan fingerprint density at radius 2 is 2.10 bits per heavy atom. The van der Waals surface area contributed by atoms with Gasteiger partial charge in [0.05, 0.1) is 10.2 Å². The van der Waals surface area contributed by atoms with Crippen LogP contribution in [-0.2, 0) is 6.54 Å². The smallest absolute Gasteiger partial charge is 0.160 e. The Bertz CT molecular complexity index is 462. The van der Waals surface area contributed by atoms with E-state index in [1.165, 1.54) is 6.42 Å². The maximum Gasteiger partial charge on any atom is 0.160 e. The molecule has 2 N–H and O–H groups in total. The average Bonchev–Trinajstić information content (AvgIpc) is 2.67. The van der Waals surface area contributed by atoms with Crippen LogP contribution in [0.15, 0.2) is 16.6 Å². The summed E-state index contributed by atoms with van der Waals surface area (Å²) in [6, 6.07) is 3.80. The van der Waals surface area contributed by atoms with Gasteiger partial charge in [-0.1, -0.05) is 19.9 Å². The van der Waals surface area contributed by atoms with Gasteiger partial charge in [-0.3, -0.25) is 0 Å². The zero-order valence-electron chi connectivity index (χ0n) is 12.3. The highest BCUT2D eigenvalue weighted by Crippen LogP contribution is 2.32. The Morgan fingerprint density at radius 3 is 2.75 bits per heavy atom. The second-order valence-corrected chi connectivity index (χ2v) is 6.79. The molecule has 0 saturated carbocycles. The Kier molecular flexibility index (Phi) is 5.44. The van der Waals surface area contributed by atoms with Gasteiger partial charge < -0.3 is 10.6 Å². The molecule has 4 heteroatoms. The molecule has 0 amide bonds. The molecule has 1 aromatic rings. The molecule has 1 aliphatic heterocycles. The molecule has 1 saturated heterocycles. The zero-order valence-corrected chi connectivity index (χ0v) is 13.9. The fraction of sp³-hybridized carbons (Fsp3) is 0.625. The Morgan fingerprint density at radius 1 is 1.35 bits per heavy atom. The third kappa shape index (κ3) is 3.34. The van der Waals surface area contributed by atoms with E-state index in [1.54, 1.807) is 0 Å². The van der Waals surface area contributed by atoms with Crippen LogP contribution in [0, 0.1) is 17.7 Å². The molecule has 2 nitrogen and oxygen atoms in total. The molecule has 0 radical (unpaired) electrons. The predicted octanol–water partition coefficient (Wildman–Crippen LogP) is 4.31. The number of hydrogen-bond donors (Lipinski definition) is 1. The largest absolute Gasteiger partial charge is 0.369 e. The van der Waals surface area contributed by atoms with Gasteiger partial charge in [-0.15, -0.1) is 0 Å². The summed E-state index contributed by atoms with van der Waals surface area (Å²) in [5, 5.41) is 0. The molecule has 2 rings (SSSR count). The number of benzene rings is 1. The first-order valence-corrected chi connectivity index (χ1v) is 8.25. The third-order valence-corrected chi connectivity index (χ3v) is 5.28. The quantitative estimate of drug-likeness (QED) is 0.886. The molecular formula is C16H24BrFN2. The average molecular weight is 343 g/mol. The first-order chi connectivity index (χ1) is 9.54. The van der Waals surface area contributed by atoms with E-state index >= 15 is 0 Å². The van der Waals surface area contributed by atoms with Gasteiger partial charge in [-0.05, 0) is 58.7 Å². The molecule has 1 atom stereocenters. The lowest BCUT2D eigenvalue weighted by atomic mass is 9.89. The summed E-state index contributed by atoms with van der Waals surface area (Å²) in [5.74, 6) is 1.30. The summed E-state index contributed by atoms with van der Waals surface area (Å²) in [6.07, 6.45) is 3.53. The van der Waals surface area contributed by atoms with Crippen LogP contribution in [-0.4, -0.2) is 13.1 Å². The highest BCUT2D eigenvalue weighted by Gasteiger charge is 2.22. The van der Waals surface area contributed by atoms with E-state index in [0.29, 0.717) is 22.6 Å². The molecule has 0 aromatic heterocycles. The number of rotatable bonds is 3.